The fourth-order valence-electron chi connectivity index (χ4n) is 2.06. The number of nitrogens with two attached hydrogens (primary N) is 1. The number of rotatable bonds is 3. The van der Waals surface area contributed by atoms with Crippen molar-refractivity contribution >= 4 is 11.8 Å². The molecule has 0 aromatic rings. The lowest BCUT2D eigenvalue weighted by atomic mass is 9.71. The van der Waals surface area contributed by atoms with Gasteiger partial charge in [0.15, 0.2) is 0 Å². The largest absolute Gasteiger partial charge is 0.481 e. The highest BCUT2D eigenvalue weighted by Gasteiger charge is 2.39. The first-order valence-electron chi connectivity index (χ1n) is 4.63. The number of carbonyl (C=O) groups is 1. The Morgan fingerprint density at radius 2 is 1.92 bits per heavy atom. The van der Waals surface area contributed by atoms with Gasteiger partial charge in [0.05, 0.1) is 11.3 Å². The minimum atomic E-state index is -0.789. The number of aliphatic carboxylic acids is 1. The maximum absolute atomic E-state index is 11.1. The molecule has 74 valence electrons. The Hall–Kier alpha value is -1.06. The van der Waals surface area contributed by atoms with Crippen molar-refractivity contribution in [3.63, 3.8) is 0 Å². The first kappa shape index (κ1) is 10.0. The molecule has 1 rings (SSSR count). The van der Waals surface area contributed by atoms with Gasteiger partial charge in [-0.15, -0.1) is 0 Å². The standard InChI is InChI=1S/C9H16N2O2/c10-7(11)6-9(8(12)13)4-2-1-3-5-9/h1-6H2,(H3,10,11)(H,12,13). The van der Waals surface area contributed by atoms with Gasteiger partial charge in [0, 0.05) is 6.42 Å². The second kappa shape index (κ2) is 3.77. The van der Waals surface area contributed by atoms with Crippen molar-refractivity contribution in [1.29, 1.82) is 5.41 Å². The molecule has 4 N–H and O–H groups in total. The van der Waals surface area contributed by atoms with Crippen LogP contribution >= 0.6 is 0 Å². The average molecular weight is 184 g/mol. The maximum atomic E-state index is 11.1. The van der Waals surface area contributed by atoms with Crippen LogP contribution in [0.25, 0.3) is 0 Å². The van der Waals surface area contributed by atoms with Gasteiger partial charge in [0.2, 0.25) is 0 Å². The van der Waals surface area contributed by atoms with Crippen molar-refractivity contribution in [3.05, 3.63) is 0 Å². The summed E-state index contributed by atoms with van der Waals surface area (Å²) in [6.45, 7) is 0. The molecule has 1 aliphatic rings. The van der Waals surface area contributed by atoms with Crippen LogP contribution in [0, 0.1) is 10.8 Å². The van der Waals surface area contributed by atoms with E-state index in [0.29, 0.717) is 12.8 Å². The van der Waals surface area contributed by atoms with Crippen LogP contribution in [0.1, 0.15) is 38.5 Å². The quantitative estimate of drug-likeness (QED) is 0.457. The Bertz CT molecular complexity index is 220. The van der Waals surface area contributed by atoms with E-state index in [1.54, 1.807) is 0 Å². The topological polar surface area (TPSA) is 87.2 Å². The highest BCUT2D eigenvalue weighted by Crippen LogP contribution is 2.39. The monoisotopic (exact) mass is 184 g/mol. The highest BCUT2D eigenvalue weighted by molar-refractivity contribution is 5.85. The molecule has 0 aromatic heterocycles. The van der Waals surface area contributed by atoms with Crippen LogP contribution in [-0.4, -0.2) is 16.9 Å². The van der Waals surface area contributed by atoms with Gasteiger partial charge in [0.25, 0.3) is 0 Å². The molecule has 4 nitrogen and oxygen atoms in total. The van der Waals surface area contributed by atoms with Crippen molar-refractivity contribution in [2.24, 2.45) is 11.1 Å². The lowest BCUT2D eigenvalue weighted by molar-refractivity contribution is -0.150. The van der Waals surface area contributed by atoms with Gasteiger partial charge in [-0.05, 0) is 12.8 Å². The van der Waals surface area contributed by atoms with Crippen molar-refractivity contribution in [1.82, 2.24) is 0 Å². The van der Waals surface area contributed by atoms with E-state index in [0.717, 1.165) is 19.3 Å². The van der Waals surface area contributed by atoms with E-state index in [1.165, 1.54) is 0 Å². The smallest absolute Gasteiger partial charge is 0.310 e. The Kier molecular flexibility index (Phi) is 2.90. The minimum absolute atomic E-state index is 0.00991. The molecule has 0 atom stereocenters. The lowest BCUT2D eigenvalue weighted by Gasteiger charge is -2.32. The van der Waals surface area contributed by atoms with Crippen LogP contribution < -0.4 is 5.73 Å². The SMILES string of the molecule is N=C(N)CC1(C(=O)O)CCCCC1. The zero-order chi connectivity index (χ0) is 9.90. The fraction of sp³-hybridized carbons (Fsp3) is 0.778. The molecule has 1 saturated carbocycles. The van der Waals surface area contributed by atoms with E-state index >= 15 is 0 Å². The summed E-state index contributed by atoms with van der Waals surface area (Å²) in [4.78, 5) is 11.1. The van der Waals surface area contributed by atoms with Crippen LogP contribution in [0.2, 0.25) is 0 Å². The van der Waals surface area contributed by atoms with Crippen molar-refractivity contribution in [3.8, 4) is 0 Å². The van der Waals surface area contributed by atoms with Crippen LogP contribution in [0.15, 0.2) is 0 Å². The Morgan fingerprint density at radius 3 is 2.31 bits per heavy atom. The van der Waals surface area contributed by atoms with Gasteiger partial charge in [-0.25, -0.2) is 0 Å². The van der Waals surface area contributed by atoms with Crippen LogP contribution in [-0.2, 0) is 4.79 Å². The molecular formula is C9H16N2O2. The Morgan fingerprint density at radius 1 is 1.38 bits per heavy atom. The molecule has 1 fully saturated rings. The molecule has 0 unspecified atom stereocenters. The third kappa shape index (κ3) is 2.20. The number of carboxylic acids is 1. The number of hydrogen-bond acceptors (Lipinski definition) is 2. The van der Waals surface area contributed by atoms with Crippen LogP contribution in [0.5, 0.6) is 0 Å². The number of hydrogen-bond donors (Lipinski definition) is 3. The third-order valence-corrected chi connectivity index (χ3v) is 2.79. The van der Waals surface area contributed by atoms with E-state index in [2.05, 4.69) is 0 Å². The summed E-state index contributed by atoms with van der Waals surface area (Å²) in [6, 6.07) is 0. The van der Waals surface area contributed by atoms with E-state index < -0.39 is 11.4 Å². The van der Waals surface area contributed by atoms with E-state index in [-0.39, 0.29) is 12.3 Å². The van der Waals surface area contributed by atoms with Crippen LogP contribution in [0.4, 0.5) is 0 Å². The molecule has 0 aliphatic heterocycles. The zero-order valence-corrected chi connectivity index (χ0v) is 7.68. The minimum Gasteiger partial charge on any atom is -0.481 e. The van der Waals surface area contributed by atoms with E-state index in [4.69, 9.17) is 16.2 Å². The molecule has 4 heteroatoms. The summed E-state index contributed by atoms with van der Waals surface area (Å²) in [5.74, 6) is -0.799. The number of nitrogens with one attached hydrogen (secondary N) is 1. The predicted octanol–water partition coefficient (Wildman–Crippen LogP) is 1.35. The van der Waals surface area contributed by atoms with Gasteiger partial charge in [-0.1, -0.05) is 19.3 Å². The Balaban J connectivity index is 2.73. The second-order valence-corrected chi connectivity index (χ2v) is 3.85. The Labute approximate surface area is 77.6 Å². The molecule has 0 saturated heterocycles. The first-order chi connectivity index (χ1) is 6.07. The summed E-state index contributed by atoms with van der Waals surface area (Å²) in [6.07, 6.45) is 4.54. The van der Waals surface area contributed by atoms with Gasteiger partial charge in [-0.3, -0.25) is 10.2 Å². The molecule has 13 heavy (non-hydrogen) atoms. The van der Waals surface area contributed by atoms with Crippen LogP contribution in [0.3, 0.4) is 0 Å². The maximum Gasteiger partial charge on any atom is 0.310 e. The molecule has 0 bridgehead atoms. The van der Waals surface area contributed by atoms with Gasteiger partial charge in [0.1, 0.15) is 0 Å². The average Bonchev–Trinajstić information content (AvgIpc) is 2.04. The van der Waals surface area contributed by atoms with Gasteiger partial charge < -0.3 is 10.8 Å². The number of amidine groups is 1. The molecule has 0 spiro atoms. The van der Waals surface area contributed by atoms with Gasteiger partial charge >= 0.3 is 5.97 Å². The molecule has 1 aliphatic carbocycles. The normalized spacial score (nSPS) is 20.9. The lowest BCUT2D eigenvalue weighted by Crippen LogP contribution is -2.37. The summed E-state index contributed by atoms with van der Waals surface area (Å²) in [5, 5.41) is 16.2. The van der Waals surface area contributed by atoms with Gasteiger partial charge in [-0.2, -0.15) is 0 Å². The fourth-order valence-corrected chi connectivity index (χ4v) is 2.06. The van der Waals surface area contributed by atoms with Crippen molar-refractivity contribution < 1.29 is 9.90 Å². The third-order valence-electron chi connectivity index (χ3n) is 2.79. The van der Waals surface area contributed by atoms with Crippen molar-refractivity contribution in [2.45, 2.75) is 38.5 Å². The molecular weight excluding hydrogens is 168 g/mol. The summed E-state index contributed by atoms with van der Waals surface area (Å²) < 4.78 is 0. The molecule has 0 radical (unpaired) electrons. The van der Waals surface area contributed by atoms with E-state index in [1.807, 2.05) is 0 Å². The molecule has 0 heterocycles. The molecule has 0 amide bonds. The number of carboxylic acid groups (broad SMARTS) is 1. The summed E-state index contributed by atoms with van der Waals surface area (Å²) in [7, 11) is 0. The second-order valence-electron chi connectivity index (χ2n) is 3.85. The van der Waals surface area contributed by atoms with E-state index in [9.17, 15) is 4.79 Å². The van der Waals surface area contributed by atoms with Crippen molar-refractivity contribution in [2.75, 3.05) is 0 Å². The molecule has 0 aromatic carbocycles. The summed E-state index contributed by atoms with van der Waals surface area (Å²) in [5.41, 5.74) is 4.53. The predicted molar refractivity (Wildman–Crippen MR) is 49.7 cm³/mol. The first-order valence-corrected chi connectivity index (χ1v) is 4.63. The highest BCUT2D eigenvalue weighted by atomic mass is 16.4. The zero-order valence-electron chi connectivity index (χ0n) is 7.68. The summed E-state index contributed by atoms with van der Waals surface area (Å²) >= 11 is 0.